The van der Waals surface area contributed by atoms with Gasteiger partial charge < -0.3 is 10.1 Å². The topological polar surface area (TPSA) is 21.3 Å². The van der Waals surface area contributed by atoms with Gasteiger partial charge in [-0.3, -0.25) is 0 Å². The van der Waals surface area contributed by atoms with Gasteiger partial charge in [0.25, 0.3) is 0 Å². The summed E-state index contributed by atoms with van der Waals surface area (Å²) in [7, 11) is 1.79. The maximum absolute atomic E-state index is 5.30. The molecule has 0 radical (unpaired) electrons. The van der Waals surface area contributed by atoms with Crippen molar-refractivity contribution >= 4 is 0 Å². The Morgan fingerprint density at radius 1 is 1.29 bits per heavy atom. The molecule has 1 fully saturated rings. The van der Waals surface area contributed by atoms with Crippen LogP contribution in [-0.2, 0) is 4.74 Å². The fourth-order valence-corrected chi connectivity index (χ4v) is 2.27. The van der Waals surface area contributed by atoms with Gasteiger partial charge in [0.2, 0.25) is 0 Å². The largest absolute Gasteiger partial charge is 0.383 e. The van der Waals surface area contributed by atoms with Gasteiger partial charge in [-0.25, -0.2) is 0 Å². The molecule has 0 aliphatic heterocycles. The lowest BCUT2D eigenvalue weighted by atomic mass is 10.0. The van der Waals surface area contributed by atoms with E-state index in [4.69, 9.17) is 4.74 Å². The van der Waals surface area contributed by atoms with E-state index in [-0.39, 0.29) is 0 Å². The summed E-state index contributed by atoms with van der Waals surface area (Å²) < 4.78 is 5.30. The zero-order valence-electron chi connectivity index (χ0n) is 11.1. The van der Waals surface area contributed by atoms with Crippen molar-refractivity contribution in [1.29, 1.82) is 0 Å². The Bertz CT molecular complexity index is 342. The molecule has 1 unspecified atom stereocenters. The summed E-state index contributed by atoms with van der Waals surface area (Å²) in [6.07, 6.45) is 2.70. The SMILES string of the molecule is COCC(N[C@@H](C)c1ccc(C)cc1)C1CC1. The van der Waals surface area contributed by atoms with Crippen molar-refractivity contribution in [3.8, 4) is 0 Å². The third-order valence-corrected chi connectivity index (χ3v) is 3.58. The van der Waals surface area contributed by atoms with Gasteiger partial charge in [0.1, 0.15) is 0 Å². The minimum atomic E-state index is 0.399. The van der Waals surface area contributed by atoms with Crippen molar-refractivity contribution in [3.05, 3.63) is 35.4 Å². The minimum absolute atomic E-state index is 0.399. The highest BCUT2D eigenvalue weighted by Gasteiger charge is 2.31. The fourth-order valence-electron chi connectivity index (χ4n) is 2.27. The van der Waals surface area contributed by atoms with Crippen molar-refractivity contribution in [3.63, 3.8) is 0 Å². The zero-order valence-corrected chi connectivity index (χ0v) is 11.1. The molecule has 0 amide bonds. The lowest BCUT2D eigenvalue weighted by Gasteiger charge is -2.23. The number of benzene rings is 1. The molecule has 1 aliphatic carbocycles. The second-order valence-corrected chi connectivity index (χ2v) is 5.20. The predicted molar refractivity (Wildman–Crippen MR) is 71.1 cm³/mol. The normalized spacial score (nSPS) is 19.0. The van der Waals surface area contributed by atoms with Gasteiger partial charge in [0.15, 0.2) is 0 Å². The molecule has 2 heteroatoms. The van der Waals surface area contributed by atoms with Crippen molar-refractivity contribution in [2.75, 3.05) is 13.7 Å². The average Bonchev–Trinajstić information content (AvgIpc) is 3.13. The van der Waals surface area contributed by atoms with Crippen LogP contribution in [0, 0.1) is 12.8 Å². The highest BCUT2D eigenvalue weighted by atomic mass is 16.5. The lowest BCUT2D eigenvalue weighted by molar-refractivity contribution is 0.152. The zero-order chi connectivity index (χ0) is 12.3. The van der Waals surface area contributed by atoms with Gasteiger partial charge in [-0.15, -0.1) is 0 Å². The Hall–Kier alpha value is -0.860. The molecular weight excluding hydrogens is 210 g/mol. The van der Waals surface area contributed by atoms with Crippen LogP contribution in [0.3, 0.4) is 0 Å². The smallest absolute Gasteiger partial charge is 0.0618 e. The van der Waals surface area contributed by atoms with E-state index in [2.05, 4.69) is 43.4 Å². The van der Waals surface area contributed by atoms with Crippen LogP contribution in [0.5, 0.6) is 0 Å². The van der Waals surface area contributed by atoms with Crippen LogP contribution in [0.25, 0.3) is 0 Å². The summed E-state index contributed by atoms with van der Waals surface area (Å²) >= 11 is 0. The standard InChI is InChI=1S/C15H23NO/c1-11-4-6-13(7-5-11)12(2)16-15(10-17-3)14-8-9-14/h4-7,12,14-16H,8-10H2,1-3H3/t12-,15?/m0/s1. The van der Waals surface area contributed by atoms with Gasteiger partial charge in [-0.05, 0) is 38.2 Å². The Morgan fingerprint density at radius 2 is 1.94 bits per heavy atom. The highest BCUT2D eigenvalue weighted by molar-refractivity contribution is 5.23. The third kappa shape index (κ3) is 3.55. The van der Waals surface area contributed by atoms with E-state index in [0.29, 0.717) is 12.1 Å². The first-order chi connectivity index (χ1) is 8.20. The van der Waals surface area contributed by atoms with Gasteiger partial charge in [-0.1, -0.05) is 29.8 Å². The molecule has 1 N–H and O–H groups in total. The molecule has 0 heterocycles. The molecule has 1 aliphatic rings. The van der Waals surface area contributed by atoms with Crippen LogP contribution in [-0.4, -0.2) is 19.8 Å². The van der Waals surface area contributed by atoms with Crippen LogP contribution in [0.4, 0.5) is 0 Å². The molecule has 94 valence electrons. The quantitative estimate of drug-likeness (QED) is 0.815. The minimum Gasteiger partial charge on any atom is -0.383 e. The Kier molecular flexibility index (Phi) is 4.19. The molecule has 1 saturated carbocycles. The predicted octanol–water partition coefficient (Wildman–Crippen LogP) is 3.07. The number of methoxy groups -OCH3 is 1. The molecule has 1 aromatic rings. The van der Waals surface area contributed by atoms with Gasteiger partial charge in [0.05, 0.1) is 6.61 Å². The fraction of sp³-hybridized carbons (Fsp3) is 0.600. The molecular formula is C15H23NO. The van der Waals surface area contributed by atoms with E-state index in [0.717, 1.165) is 12.5 Å². The van der Waals surface area contributed by atoms with Gasteiger partial charge in [-0.2, -0.15) is 0 Å². The number of rotatable bonds is 6. The summed E-state index contributed by atoms with van der Waals surface area (Å²) in [5, 5.41) is 3.69. The second-order valence-electron chi connectivity index (χ2n) is 5.20. The molecule has 0 aromatic heterocycles. The monoisotopic (exact) mass is 233 g/mol. The average molecular weight is 233 g/mol. The van der Waals surface area contributed by atoms with Gasteiger partial charge >= 0.3 is 0 Å². The molecule has 2 rings (SSSR count). The Morgan fingerprint density at radius 3 is 2.47 bits per heavy atom. The maximum Gasteiger partial charge on any atom is 0.0618 e. The first kappa shape index (κ1) is 12.6. The van der Waals surface area contributed by atoms with Crippen LogP contribution in [0.15, 0.2) is 24.3 Å². The highest BCUT2D eigenvalue weighted by Crippen LogP contribution is 2.33. The van der Waals surface area contributed by atoms with Crippen molar-refractivity contribution in [2.45, 2.75) is 38.8 Å². The number of hydrogen-bond donors (Lipinski definition) is 1. The molecule has 2 atom stereocenters. The molecule has 17 heavy (non-hydrogen) atoms. The van der Waals surface area contributed by atoms with Crippen LogP contribution in [0.2, 0.25) is 0 Å². The molecule has 0 spiro atoms. The maximum atomic E-state index is 5.30. The van der Waals surface area contributed by atoms with E-state index in [9.17, 15) is 0 Å². The van der Waals surface area contributed by atoms with E-state index < -0.39 is 0 Å². The van der Waals surface area contributed by atoms with Crippen molar-refractivity contribution in [2.24, 2.45) is 5.92 Å². The number of aryl methyl sites for hydroxylation is 1. The second kappa shape index (κ2) is 5.65. The van der Waals surface area contributed by atoms with E-state index in [1.54, 1.807) is 7.11 Å². The molecule has 2 nitrogen and oxygen atoms in total. The first-order valence-electron chi connectivity index (χ1n) is 6.52. The summed E-state index contributed by atoms with van der Waals surface area (Å²) in [6.45, 7) is 5.18. The molecule has 0 saturated heterocycles. The molecule has 0 bridgehead atoms. The Labute approximate surface area is 104 Å². The summed E-state index contributed by atoms with van der Waals surface area (Å²) in [5.74, 6) is 0.822. The van der Waals surface area contributed by atoms with Crippen molar-refractivity contribution < 1.29 is 4.74 Å². The number of hydrogen-bond acceptors (Lipinski definition) is 2. The lowest BCUT2D eigenvalue weighted by Crippen LogP contribution is -2.36. The van der Waals surface area contributed by atoms with Crippen molar-refractivity contribution in [1.82, 2.24) is 5.32 Å². The van der Waals surface area contributed by atoms with Crippen LogP contribution < -0.4 is 5.32 Å². The van der Waals surface area contributed by atoms with Gasteiger partial charge in [0, 0.05) is 19.2 Å². The van der Waals surface area contributed by atoms with E-state index in [1.165, 1.54) is 24.0 Å². The van der Waals surface area contributed by atoms with Crippen LogP contribution in [0.1, 0.15) is 36.9 Å². The summed E-state index contributed by atoms with van der Waals surface area (Å²) in [5.41, 5.74) is 2.67. The Balaban J connectivity index is 1.94. The number of ether oxygens (including phenoxy) is 1. The summed E-state index contributed by atoms with van der Waals surface area (Å²) in [4.78, 5) is 0. The molecule has 1 aromatic carbocycles. The third-order valence-electron chi connectivity index (χ3n) is 3.58. The number of nitrogens with one attached hydrogen (secondary N) is 1. The van der Waals surface area contributed by atoms with Crippen LogP contribution >= 0.6 is 0 Å². The summed E-state index contributed by atoms with van der Waals surface area (Å²) in [6, 6.07) is 9.69. The van der Waals surface area contributed by atoms with E-state index in [1.807, 2.05) is 0 Å². The van der Waals surface area contributed by atoms with E-state index >= 15 is 0 Å². The first-order valence-corrected chi connectivity index (χ1v) is 6.52.